The molecular weight excluding hydrogens is 382 g/mol. The summed E-state index contributed by atoms with van der Waals surface area (Å²) in [5.74, 6) is 1.43. The monoisotopic (exact) mass is 413 g/mol. The van der Waals surface area contributed by atoms with Crippen molar-refractivity contribution < 1.29 is 9.47 Å². The maximum atomic E-state index is 6.54. The zero-order valence-corrected chi connectivity index (χ0v) is 18.4. The second-order valence-electron chi connectivity index (χ2n) is 7.63. The summed E-state index contributed by atoms with van der Waals surface area (Å²) in [5.41, 5.74) is 4.99. The summed E-state index contributed by atoms with van der Waals surface area (Å²) in [7, 11) is 0. The largest absolute Gasteiger partial charge is 0.490 e. The Morgan fingerprint density at radius 2 is 1.83 bits per heavy atom. The average Bonchev–Trinajstić information content (AvgIpc) is 2.74. The number of hydrogen-bond donors (Lipinski definition) is 1. The zero-order chi connectivity index (χ0) is 20.5. The fraction of sp³-hybridized carbons (Fsp3) is 0.440. The molecule has 0 fully saturated rings. The number of aryl methyl sites for hydroxylation is 1. The van der Waals surface area contributed by atoms with Crippen LogP contribution in [0.5, 0.6) is 11.5 Å². The lowest BCUT2D eigenvalue weighted by Crippen LogP contribution is -2.16. The van der Waals surface area contributed by atoms with Crippen molar-refractivity contribution in [1.82, 2.24) is 5.32 Å². The number of benzene rings is 2. The zero-order valence-electron chi connectivity index (χ0n) is 17.6. The first kappa shape index (κ1) is 21.7. The van der Waals surface area contributed by atoms with Crippen molar-refractivity contribution in [2.45, 2.75) is 59.1 Å². The summed E-state index contributed by atoms with van der Waals surface area (Å²) in [6.07, 6.45) is 8.69. The molecule has 0 spiro atoms. The summed E-state index contributed by atoms with van der Waals surface area (Å²) in [5, 5.41) is 4.23. The number of allylic oxidation sites excluding steroid dienone is 1. The van der Waals surface area contributed by atoms with E-state index in [1.165, 1.54) is 31.2 Å². The first-order valence-electron chi connectivity index (χ1n) is 10.7. The van der Waals surface area contributed by atoms with Gasteiger partial charge in [0.2, 0.25) is 0 Å². The molecule has 3 nitrogen and oxygen atoms in total. The van der Waals surface area contributed by atoms with Crippen molar-refractivity contribution in [3.8, 4) is 11.5 Å². The molecule has 0 atom stereocenters. The van der Waals surface area contributed by atoms with Crippen LogP contribution in [0.2, 0.25) is 5.02 Å². The summed E-state index contributed by atoms with van der Waals surface area (Å²) >= 11 is 6.54. The van der Waals surface area contributed by atoms with E-state index in [9.17, 15) is 0 Å². The molecule has 0 heterocycles. The van der Waals surface area contributed by atoms with Crippen LogP contribution in [0.15, 0.2) is 48.0 Å². The first-order chi connectivity index (χ1) is 14.2. The lowest BCUT2D eigenvalue weighted by Gasteiger charge is -2.16. The average molecular weight is 414 g/mol. The molecule has 3 rings (SSSR count). The number of nitrogens with one attached hydrogen (secondary N) is 1. The Kier molecular flexibility index (Phi) is 8.45. The van der Waals surface area contributed by atoms with Gasteiger partial charge in [0, 0.05) is 17.6 Å². The molecule has 0 unspecified atom stereocenters. The minimum Gasteiger partial charge on any atom is -0.490 e. The highest BCUT2D eigenvalue weighted by Crippen LogP contribution is 2.34. The van der Waals surface area contributed by atoms with E-state index in [0.29, 0.717) is 24.0 Å². The lowest BCUT2D eigenvalue weighted by molar-refractivity contribution is 0.269. The fourth-order valence-electron chi connectivity index (χ4n) is 3.54. The molecule has 156 valence electrons. The molecule has 0 saturated carbocycles. The van der Waals surface area contributed by atoms with Crippen LogP contribution in [-0.4, -0.2) is 13.2 Å². The molecule has 0 saturated heterocycles. The van der Waals surface area contributed by atoms with Gasteiger partial charge in [-0.25, -0.2) is 0 Å². The Bertz CT molecular complexity index is 814. The molecule has 1 aliphatic carbocycles. The van der Waals surface area contributed by atoms with Crippen molar-refractivity contribution in [3.05, 3.63) is 69.8 Å². The van der Waals surface area contributed by atoms with Crippen LogP contribution in [0.25, 0.3) is 0 Å². The van der Waals surface area contributed by atoms with Crippen LogP contribution < -0.4 is 14.8 Å². The minimum absolute atomic E-state index is 0.489. The number of ether oxygens (including phenoxy) is 2. The highest BCUT2D eigenvalue weighted by atomic mass is 35.5. The third-order valence-corrected chi connectivity index (χ3v) is 5.60. The molecule has 2 aromatic carbocycles. The Balaban J connectivity index is 1.59. The highest BCUT2D eigenvalue weighted by molar-refractivity contribution is 6.31. The molecule has 1 N–H and O–H groups in total. The van der Waals surface area contributed by atoms with Gasteiger partial charge in [-0.1, -0.05) is 53.1 Å². The van der Waals surface area contributed by atoms with Crippen LogP contribution in [0.4, 0.5) is 0 Å². The van der Waals surface area contributed by atoms with E-state index >= 15 is 0 Å². The number of halogens is 1. The second-order valence-corrected chi connectivity index (χ2v) is 8.04. The topological polar surface area (TPSA) is 30.5 Å². The summed E-state index contributed by atoms with van der Waals surface area (Å²) in [4.78, 5) is 0. The van der Waals surface area contributed by atoms with Gasteiger partial charge < -0.3 is 14.8 Å². The number of rotatable bonds is 10. The van der Waals surface area contributed by atoms with Crippen LogP contribution >= 0.6 is 11.6 Å². The van der Waals surface area contributed by atoms with E-state index in [-0.39, 0.29) is 0 Å². The van der Waals surface area contributed by atoms with E-state index < -0.39 is 0 Å². The predicted octanol–water partition coefficient (Wildman–Crippen LogP) is 6.61. The molecular formula is C25H32ClNO2. The Hall–Kier alpha value is -1.97. The van der Waals surface area contributed by atoms with E-state index in [2.05, 4.69) is 42.6 Å². The third-order valence-electron chi connectivity index (χ3n) is 5.25. The van der Waals surface area contributed by atoms with Gasteiger partial charge >= 0.3 is 0 Å². The highest BCUT2D eigenvalue weighted by Gasteiger charge is 2.12. The maximum Gasteiger partial charge on any atom is 0.163 e. The maximum absolute atomic E-state index is 6.54. The van der Waals surface area contributed by atoms with Gasteiger partial charge in [-0.15, -0.1) is 0 Å². The van der Waals surface area contributed by atoms with E-state index in [1.807, 2.05) is 19.1 Å². The van der Waals surface area contributed by atoms with Gasteiger partial charge in [0.15, 0.2) is 11.5 Å². The van der Waals surface area contributed by atoms with Crippen LogP contribution in [0, 0.1) is 6.92 Å². The lowest BCUT2D eigenvalue weighted by atomic mass is 9.97. The molecule has 0 bridgehead atoms. The van der Waals surface area contributed by atoms with Crippen molar-refractivity contribution in [1.29, 1.82) is 0 Å². The van der Waals surface area contributed by atoms with Crippen molar-refractivity contribution >= 4 is 11.6 Å². The normalized spacial score (nSPS) is 13.8. The minimum atomic E-state index is 0.489. The molecule has 2 aromatic rings. The standard InChI is InChI=1S/C25H32ClNO2/c1-3-28-24-15-22(17-27-14-13-20-7-5-4-6-8-20)23(26)16-25(24)29-18-21-11-9-19(2)10-12-21/h7,9-12,15-16,27H,3-6,8,13-14,17-18H2,1-2H3. The predicted molar refractivity (Wildman–Crippen MR) is 121 cm³/mol. The summed E-state index contributed by atoms with van der Waals surface area (Å²) in [6, 6.07) is 12.2. The van der Waals surface area contributed by atoms with Gasteiger partial charge in [0.25, 0.3) is 0 Å². The van der Waals surface area contributed by atoms with Gasteiger partial charge in [0.1, 0.15) is 6.61 Å². The molecule has 29 heavy (non-hydrogen) atoms. The van der Waals surface area contributed by atoms with Crippen LogP contribution in [-0.2, 0) is 13.2 Å². The first-order valence-corrected chi connectivity index (χ1v) is 11.1. The van der Waals surface area contributed by atoms with Crippen LogP contribution in [0.3, 0.4) is 0 Å². The molecule has 1 aliphatic rings. The smallest absolute Gasteiger partial charge is 0.163 e. The van der Waals surface area contributed by atoms with Crippen LogP contribution in [0.1, 0.15) is 55.7 Å². The van der Waals surface area contributed by atoms with E-state index in [1.54, 1.807) is 5.57 Å². The van der Waals surface area contributed by atoms with Crippen molar-refractivity contribution in [3.63, 3.8) is 0 Å². The fourth-order valence-corrected chi connectivity index (χ4v) is 3.76. The third kappa shape index (κ3) is 6.80. The molecule has 0 radical (unpaired) electrons. The van der Waals surface area contributed by atoms with E-state index in [0.717, 1.165) is 36.4 Å². The Labute approximate surface area is 180 Å². The van der Waals surface area contributed by atoms with Gasteiger partial charge in [-0.2, -0.15) is 0 Å². The Morgan fingerprint density at radius 3 is 2.55 bits per heavy atom. The quantitative estimate of drug-likeness (QED) is 0.351. The summed E-state index contributed by atoms with van der Waals surface area (Å²) < 4.78 is 11.8. The van der Waals surface area contributed by atoms with E-state index in [4.69, 9.17) is 21.1 Å². The van der Waals surface area contributed by atoms with Gasteiger partial charge in [-0.05, 0) is 69.7 Å². The van der Waals surface area contributed by atoms with Gasteiger partial charge in [0.05, 0.1) is 6.61 Å². The molecule has 0 aromatic heterocycles. The van der Waals surface area contributed by atoms with Crippen molar-refractivity contribution in [2.24, 2.45) is 0 Å². The Morgan fingerprint density at radius 1 is 1.03 bits per heavy atom. The molecule has 0 aliphatic heterocycles. The number of hydrogen-bond acceptors (Lipinski definition) is 3. The molecule has 0 amide bonds. The molecule has 4 heteroatoms. The van der Waals surface area contributed by atoms with Gasteiger partial charge in [-0.3, -0.25) is 0 Å². The SMILES string of the molecule is CCOc1cc(CNCCC2=CCCCC2)c(Cl)cc1OCc1ccc(C)cc1. The second kappa shape index (κ2) is 11.3. The van der Waals surface area contributed by atoms with Crippen molar-refractivity contribution in [2.75, 3.05) is 13.2 Å². The summed E-state index contributed by atoms with van der Waals surface area (Å²) in [6.45, 7) is 6.83.